The maximum absolute atomic E-state index is 12.1. The molecular formula is C12H16N2O2. The molecule has 0 aliphatic heterocycles. The molecule has 0 saturated heterocycles. The molecule has 0 atom stereocenters. The molecular weight excluding hydrogens is 204 g/mol. The Balaban J connectivity index is 2.15. The number of H-pyrrole nitrogens is 1. The highest BCUT2D eigenvalue weighted by Crippen LogP contribution is 2.23. The van der Waals surface area contributed by atoms with Crippen LogP contribution >= 0.6 is 0 Å². The second kappa shape index (κ2) is 4.51. The van der Waals surface area contributed by atoms with E-state index in [9.17, 15) is 9.59 Å². The Morgan fingerprint density at radius 3 is 2.75 bits per heavy atom. The minimum atomic E-state index is -0.231. The normalized spacial score (nSPS) is 16.3. The molecule has 1 N–H and O–H groups in total. The molecule has 16 heavy (non-hydrogen) atoms. The predicted molar refractivity (Wildman–Crippen MR) is 61.4 cm³/mol. The summed E-state index contributed by atoms with van der Waals surface area (Å²) in [5.41, 5.74) is 0.240. The van der Waals surface area contributed by atoms with Gasteiger partial charge in [-0.2, -0.15) is 0 Å². The van der Waals surface area contributed by atoms with Gasteiger partial charge in [0, 0.05) is 30.9 Å². The number of carbonyl (C=O) groups is 1. The quantitative estimate of drug-likeness (QED) is 0.818. The Morgan fingerprint density at radius 1 is 1.44 bits per heavy atom. The average Bonchev–Trinajstić information content (AvgIpc) is 2.80. The van der Waals surface area contributed by atoms with E-state index in [1.165, 1.54) is 25.1 Å². The number of nitrogens with one attached hydrogen (secondary N) is 1. The van der Waals surface area contributed by atoms with Crippen molar-refractivity contribution in [3.63, 3.8) is 0 Å². The summed E-state index contributed by atoms with van der Waals surface area (Å²) in [4.78, 5) is 27.4. The summed E-state index contributed by atoms with van der Waals surface area (Å²) in [6, 6.07) is 3.34. The third kappa shape index (κ3) is 2.15. The van der Waals surface area contributed by atoms with Gasteiger partial charge in [0.05, 0.1) is 0 Å². The molecule has 0 bridgehead atoms. The molecule has 1 amide bonds. The lowest BCUT2D eigenvalue weighted by atomic mass is 10.2. The molecule has 1 aromatic heterocycles. The second-order valence-corrected chi connectivity index (χ2v) is 4.30. The number of carbonyl (C=O) groups excluding carboxylic acids is 1. The molecule has 1 saturated carbocycles. The topological polar surface area (TPSA) is 53.2 Å². The van der Waals surface area contributed by atoms with Crippen LogP contribution in [0.15, 0.2) is 23.1 Å². The summed E-state index contributed by atoms with van der Waals surface area (Å²) in [5, 5.41) is 0. The van der Waals surface area contributed by atoms with E-state index in [1.807, 2.05) is 7.05 Å². The third-order valence-corrected chi connectivity index (χ3v) is 3.21. The second-order valence-electron chi connectivity index (χ2n) is 4.30. The number of hydrogen-bond donors (Lipinski definition) is 1. The first-order valence-electron chi connectivity index (χ1n) is 5.64. The zero-order valence-electron chi connectivity index (χ0n) is 9.40. The highest BCUT2D eigenvalue weighted by Gasteiger charge is 2.24. The summed E-state index contributed by atoms with van der Waals surface area (Å²) >= 11 is 0. The largest absolute Gasteiger partial charge is 0.339 e. The van der Waals surface area contributed by atoms with Crippen molar-refractivity contribution in [2.24, 2.45) is 0 Å². The van der Waals surface area contributed by atoms with Crippen LogP contribution in [0.2, 0.25) is 0 Å². The number of nitrogens with zero attached hydrogens (tertiary/aromatic N) is 1. The molecule has 2 rings (SSSR count). The van der Waals surface area contributed by atoms with E-state index in [2.05, 4.69) is 4.98 Å². The van der Waals surface area contributed by atoms with Crippen molar-refractivity contribution in [2.75, 3.05) is 7.05 Å². The zero-order chi connectivity index (χ0) is 11.5. The molecule has 4 nitrogen and oxygen atoms in total. The SMILES string of the molecule is CN(C(=O)c1cc[nH]c(=O)c1)C1CCCC1. The Bertz CT molecular complexity index is 433. The minimum Gasteiger partial charge on any atom is -0.339 e. The number of aromatic amines is 1. The van der Waals surface area contributed by atoms with E-state index in [0.29, 0.717) is 11.6 Å². The van der Waals surface area contributed by atoms with Gasteiger partial charge in [0.2, 0.25) is 5.56 Å². The number of amides is 1. The van der Waals surface area contributed by atoms with E-state index in [0.717, 1.165) is 12.8 Å². The highest BCUT2D eigenvalue weighted by atomic mass is 16.2. The summed E-state index contributed by atoms with van der Waals surface area (Å²) in [5.74, 6) is -0.0574. The van der Waals surface area contributed by atoms with Crippen LogP contribution in [0.3, 0.4) is 0 Å². The first-order valence-corrected chi connectivity index (χ1v) is 5.64. The molecule has 1 aliphatic rings. The average molecular weight is 220 g/mol. The van der Waals surface area contributed by atoms with Crippen molar-refractivity contribution in [3.8, 4) is 0 Å². The van der Waals surface area contributed by atoms with Crippen LogP contribution in [-0.2, 0) is 0 Å². The van der Waals surface area contributed by atoms with Gasteiger partial charge in [-0.1, -0.05) is 12.8 Å². The summed E-state index contributed by atoms with van der Waals surface area (Å²) in [6.07, 6.45) is 6.05. The van der Waals surface area contributed by atoms with Gasteiger partial charge >= 0.3 is 0 Å². The van der Waals surface area contributed by atoms with Crippen molar-refractivity contribution in [1.29, 1.82) is 0 Å². The van der Waals surface area contributed by atoms with Crippen LogP contribution in [0, 0.1) is 0 Å². The Labute approximate surface area is 94.3 Å². The molecule has 0 radical (unpaired) electrons. The van der Waals surface area contributed by atoms with Crippen LogP contribution < -0.4 is 5.56 Å². The van der Waals surface area contributed by atoms with Gasteiger partial charge in [-0.05, 0) is 18.9 Å². The number of pyridine rings is 1. The van der Waals surface area contributed by atoms with Crippen molar-refractivity contribution in [1.82, 2.24) is 9.88 Å². The van der Waals surface area contributed by atoms with Crippen LogP contribution in [0.5, 0.6) is 0 Å². The van der Waals surface area contributed by atoms with Crippen LogP contribution in [0.25, 0.3) is 0 Å². The van der Waals surface area contributed by atoms with Crippen LogP contribution in [0.4, 0.5) is 0 Å². The summed E-state index contributed by atoms with van der Waals surface area (Å²) < 4.78 is 0. The predicted octanol–water partition coefficient (Wildman–Crippen LogP) is 1.39. The van der Waals surface area contributed by atoms with Crippen LogP contribution in [-0.4, -0.2) is 28.9 Å². The van der Waals surface area contributed by atoms with E-state index < -0.39 is 0 Å². The molecule has 86 valence electrons. The van der Waals surface area contributed by atoms with Crippen molar-refractivity contribution >= 4 is 5.91 Å². The van der Waals surface area contributed by atoms with Gasteiger partial charge in [0.15, 0.2) is 0 Å². The Hall–Kier alpha value is -1.58. The molecule has 0 spiro atoms. The van der Waals surface area contributed by atoms with E-state index in [1.54, 1.807) is 11.0 Å². The van der Waals surface area contributed by atoms with Gasteiger partial charge in [0.25, 0.3) is 5.91 Å². The summed E-state index contributed by atoms with van der Waals surface area (Å²) in [7, 11) is 1.82. The molecule has 1 heterocycles. The number of aromatic nitrogens is 1. The lowest BCUT2D eigenvalue weighted by Gasteiger charge is -2.24. The molecule has 4 heteroatoms. The van der Waals surface area contributed by atoms with Crippen LogP contribution in [0.1, 0.15) is 36.0 Å². The lowest BCUT2D eigenvalue weighted by Crippen LogP contribution is -2.35. The minimum absolute atomic E-state index is 0.0574. The standard InChI is InChI=1S/C12H16N2O2/c1-14(10-4-2-3-5-10)12(16)9-6-7-13-11(15)8-9/h6-8,10H,2-5H2,1H3,(H,13,15). The van der Waals surface area contributed by atoms with Gasteiger partial charge in [-0.25, -0.2) is 0 Å². The van der Waals surface area contributed by atoms with Crippen molar-refractivity contribution in [2.45, 2.75) is 31.7 Å². The van der Waals surface area contributed by atoms with E-state index in [-0.39, 0.29) is 11.5 Å². The smallest absolute Gasteiger partial charge is 0.254 e. The van der Waals surface area contributed by atoms with E-state index in [4.69, 9.17) is 0 Å². The van der Waals surface area contributed by atoms with Gasteiger partial charge in [-0.3, -0.25) is 9.59 Å². The molecule has 1 fully saturated rings. The van der Waals surface area contributed by atoms with Crippen molar-refractivity contribution in [3.05, 3.63) is 34.2 Å². The molecule has 0 unspecified atom stereocenters. The fourth-order valence-corrected chi connectivity index (χ4v) is 2.24. The van der Waals surface area contributed by atoms with Crippen molar-refractivity contribution < 1.29 is 4.79 Å². The fraction of sp³-hybridized carbons (Fsp3) is 0.500. The lowest BCUT2D eigenvalue weighted by molar-refractivity contribution is 0.0735. The number of rotatable bonds is 2. The van der Waals surface area contributed by atoms with Gasteiger partial charge in [-0.15, -0.1) is 0 Å². The number of hydrogen-bond acceptors (Lipinski definition) is 2. The molecule has 1 aliphatic carbocycles. The van der Waals surface area contributed by atoms with E-state index >= 15 is 0 Å². The molecule has 0 aromatic carbocycles. The monoisotopic (exact) mass is 220 g/mol. The summed E-state index contributed by atoms with van der Waals surface area (Å²) in [6.45, 7) is 0. The molecule has 1 aromatic rings. The first-order chi connectivity index (χ1) is 7.68. The van der Waals surface area contributed by atoms with Gasteiger partial charge in [0.1, 0.15) is 0 Å². The third-order valence-electron chi connectivity index (χ3n) is 3.21. The Morgan fingerprint density at radius 2 is 2.12 bits per heavy atom. The maximum Gasteiger partial charge on any atom is 0.254 e. The highest BCUT2D eigenvalue weighted by molar-refractivity contribution is 5.94. The first kappa shape index (κ1) is 10.9. The fourth-order valence-electron chi connectivity index (χ4n) is 2.24. The maximum atomic E-state index is 12.1. The Kier molecular flexibility index (Phi) is 3.08. The zero-order valence-corrected chi connectivity index (χ0v) is 9.40. The van der Waals surface area contributed by atoms with Gasteiger partial charge < -0.3 is 9.88 Å².